The zero-order valence-corrected chi connectivity index (χ0v) is 15.0. The Morgan fingerprint density at radius 2 is 2.04 bits per heavy atom. The predicted molar refractivity (Wildman–Crippen MR) is 99.7 cm³/mol. The SMILES string of the molecule is COC(=O)c1ccc(C)c(NC(=O)NCc2ccnc(-n3cccn3)c2)c1. The highest BCUT2D eigenvalue weighted by atomic mass is 16.5. The number of hydrogen-bond donors (Lipinski definition) is 2. The highest BCUT2D eigenvalue weighted by Gasteiger charge is 2.10. The summed E-state index contributed by atoms with van der Waals surface area (Å²) in [5, 5.41) is 9.67. The molecule has 1 aromatic carbocycles. The van der Waals surface area contributed by atoms with Gasteiger partial charge in [-0.1, -0.05) is 6.07 Å². The van der Waals surface area contributed by atoms with Crippen molar-refractivity contribution >= 4 is 17.7 Å². The number of aromatic nitrogens is 3. The number of benzene rings is 1. The van der Waals surface area contributed by atoms with Crippen LogP contribution in [0.2, 0.25) is 0 Å². The normalized spacial score (nSPS) is 10.3. The number of pyridine rings is 1. The number of hydrogen-bond acceptors (Lipinski definition) is 5. The fraction of sp³-hybridized carbons (Fsp3) is 0.158. The molecular formula is C19H19N5O3. The van der Waals surface area contributed by atoms with Crippen molar-refractivity contribution in [2.75, 3.05) is 12.4 Å². The van der Waals surface area contributed by atoms with Gasteiger partial charge in [-0.25, -0.2) is 19.3 Å². The van der Waals surface area contributed by atoms with E-state index in [4.69, 9.17) is 4.74 Å². The number of anilines is 1. The van der Waals surface area contributed by atoms with Gasteiger partial charge in [0.25, 0.3) is 0 Å². The second-order valence-electron chi connectivity index (χ2n) is 5.80. The summed E-state index contributed by atoms with van der Waals surface area (Å²) >= 11 is 0. The van der Waals surface area contributed by atoms with E-state index in [1.165, 1.54) is 7.11 Å². The van der Waals surface area contributed by atoms with Gasteiger partial charge >= 0.3 is 12.0 Å². The standard InChI is InChI=1S/C19H19N5O3/c1-13-4-5-15(18(25)27-2)11-16(13)23-19(26)21-12-14-6-8-20-17(10-14)24-9-3-7-22-24/h3-11H,12H2,1-2H3,(H2,21,23,26). The van der Waals surface area contributed by atoms with Crippen molar-refractivity contribution in [2.45, 2.75) is 13.5 Å². The van der Waals surface area contributed by atoms with E-state index in [1.807, 2.05) is 25.1 Å². The van der Waals surface area contributed by atoms with Gasteiger partial charge in [-0.2, -0.15) is 5.10 Å². The lowest BCUT2D eigenvalue weighted by molar-refractivity contribution is 0.0600. The van der Waals surface area contributed by atoms with E-state index in [0.717, 1.165) is 11.1 Å². The van der Waals surface area contributed by atoms with Gasteiger partial charge in [0.1, 0.15) is 0 Å². The van der Waals surface area contributed by atoms with Gasteiger partial charge in [-0.3, -0.25) is 0 Å². The molecule has 0 unspecified atom stereocenters. The summed E-state index contributed by atoms with van der Waals surface area (Å²) < 4.78 is 6.35. The zero-order chi connectivity index (χ0) is 19.2. The third-order valence-corrected chi connectivity index (χ3v) is 3.91. The van der Waals surface area contributed by atoms with Crippen LogP contribution in [0.15, 0.2) is 55.0 Å². The Balaban J connectivity index is 1.64. The van der Waals surface area contributed by atoms with Gasteiger partial charge in [0.2, 0.25) is 0 Å². The molecule has 0 aliphatic heterocycles. The summed E-state index contributed by atoms with van der Waals surface area (Å²) in [4.78, 5) is 28.1. The summed E-state index contributed by atoms with van der Waals surface area (Å²) in [6.45, 7) is 2.16. The fourth-order valence-corrected chi connectivity index (χ4v) is 2.45. The molecule has 0 saturated heterocycles. The van der Waals surface area contributed by atoms with E-state index in [2.05, 4.69) is 20.7 Å². The molecule has 3 rings (SSSR count). The minimum absolute atomic E-state index is 0.318. The Hall–Kier alpha value is -3.68. The number of carbonyl (C=O) groups excluding carboxylic acids is 2. The van der Waals surface area contributed by atoms with Crippen LogP contribution in [-0.4, -0.2) is 33.9 Å². The smallest absolute Gasteiger partial charge is 0.337 e. The Kier molecular flexibility index (Phi) is 5.46. The van der Waals surface area contributed by atoms with Crippen LogP contribution in [0.3, 0.4) is 0 Å². The van der Waals surface area contributed by atoms with Crippen molar-refractivity contribution in [1.29, 1.82) is 0 Å². The topological polar surface area (TPSA) is 98.1 Å². The molecule has 138 valence electrons. The highest BCUT2D eigenvalue weighted by molar-refractivity contribution is 5.94. The molecule has 27 heavy (non-hydrogen) atoms. The second kappa shape index (κ2) is 8.13. The number of amides is 2. The molecule has 0 saturated carbocycles. The quantitative estimate of drug-likeness (QED) is 0.678. The summed E-state index contributed by atoms with van der Waals surface area (Å²) in [5.74, 6) is 0.211. The van der Waals surface area contributed by atoms with Gasteiger partial charge in [-0.05, 0) is 48.4 Å². The van der Waals surface area contributed by atoms with Gasteiger partial charge in [-0.15, -0.1) is 0 Å². The number of nitrogens with one attached hydrogen (secondary N) is 2. The van der Waals surface area contributed by atoms with E-state index in [-0.39, 0.29) is 6.03 Å². The molecule has 2 heterocycles. The molecule has 0 aliphatic carbocycles. The number of ether oxygens (including phenoxy) is 1. The van der Waals surface area contributed by atoms with Gasteiger partial charge < -0.3 is 15.4 Å². The molecule has 8 nitrogen and oxygen atoms in total. The molecule has 0 bridgehead atoms. The van der Waals surface area contributed by atoms with Gasteiger partial charge in [0.15, 0.2) is 5.82 Å². The van der Waals surface area contributed by atoms with Crippen LogP contribution in [0.25, 0.3) is 5.82 Å². The molecule has 2 amide bonds. The summed E-state index contributed by atoms with van der Waals surface area (Å²) in [6, 6.07) is 10.1. The maximum atomic E-state index is 12.2. The van der Waals surface area contributed by atoms with E-state index in [9.17, 15) is 9.59 Å². The van der Waals surface area contributed by atoms with Crippen molar-refractivity contribution in [2.24, 2.45) is 0 Å². The first-order valence-electron chi connectivity index (χ1n) is 8.25. The Labute approximate surface area is 156 Å². The minimum Gasteiger partial charge on any atom is -0.465 e. The van der Waals surface area contributed by atoms with Crippen LogP contribution in [0.4, 0.5) is 10.5 Å². The number of carbonyl (C=O) groups is 2. The first-order valence-corrected chi connectivity index (χ1v) is 8.25. The molecule has 2 N–H and O–H groups in total. The fourth-order valence-electron chi connectivity index (χ4n) is 2.45. The average molecular weight is 365 g/mol. The Bertz CT molecular complexity index is 954. The largest absolute Gasteiger partial charge is 0.465 e. The number of urea groups is 1. The monoisotopic (exact) mass is 365 g/mol. The molecule has 2 aromatic heterocycles. The molecule has 8 heteroatoms. The molecule has 0 spiro atoms. The van der Waals surface area contributed by atoms with Crippen molar-refractivity contribution < 1.29 is 14.3 Å². The number of esters is 1. The average Bonchev–Trinajstić information content (AvgIpc) is 3.22. The van der Waals surface area contributed by atoms with Crippen LogP contribution in [-0.2, 0) is 11.3 Å². The van der Waals surface area contributed by atoms with Crippen LogP contribution < -0.4 is 10.6 Å². The third kappa shape index (κ3) is 4.49. The van der Waals surface area contributed by atoms with Crippen molar-refractivity contribution in [1.82, 2.24) is 20.1 Å². The lowest BCUT2D eigenvalue weighted by Crippen LogP contribution is -2.28. The lowest BCUT2D eigenvalue weighted by Gasteiger charge is -2.11. The molecular weight excluding hydrogens is 346 g/mol. The van der Waals surface area contributed by atoms with Crippen molar-refractivity contribution in [3.05, 3.63) is 71.7 Å². The number of aryl methyl sites for hydroxylation is 1. The van der Waals surface area contributed by atoms with Gasteiger partial charge in [0.05, 0.1) is 12.7 Å². The number of rotatable bonds is 5. The van der Waals surface area contributed by atoms with E-state index in [0.29, 0.717) is 23.6 Å². The molecule has 0 radical (unpaired) electrons. The van der Waals surface area contributed by atoms with Crippen LogP contribution >= 0.6 is 0 Å². The maximum Gasteiger partial charge on any atom is 0.337 e. The first-order chi connectivity index (χ1) is 13.1. The highest BCUT2D eigenvalue weighted by Crippen LogP contribution is 2.17. The van der Waals surface area contributed by atoms with Gasteiger partial charge in [0, 0.05) is 30.8 Å². The molecule has 0 aliphatic rings. The van der Waals surface area contributed by atoms with Crippen molar-refractivity contribution in [3.63, 3.8) is 0 Å². The minimum atomic E-state index is -0.457. The molecule has 3 aromatic rings. The zero-order valence-electron chi connectivity index (χ0n) is 15.0. The summed E-state index contributed by atoms with van der Waals surface area (Å²) in [7, 11) is 1.31. The Morgan fingerprint density at radius 1 is 1.19 bits per heavy atom. The lowest BCUT2D eigenvalue weighted by atomic mass is 10.1. The molecule has 0 fully saturated rings. The van der Waals surface area contributed by atoms with Crippen LogP contribution in [0, 0.1) is 6.92 Å². The molecule has 0 atom stereocenters. The van der Waals surface area contributed by atoms with Crippen LogP contribution in [0.1, 0.15) is 21.5 Å². The number of nitrogens with zero attached hydrogens (tertiary/aromatic N) is 3. The second-order valence-corrected chi connectivity index (χ2v) is 5.80. The summed E-state index contributed by atoms with van der Waals surface area (Å²) in [5.41, 5.74) is 2.63. The van der Waals surface area contributed by atoms with E-state index < -0.39 is 5.97 Å². The van der Waals surface area contributed by atoms with Crippen LogP contribution in [0.5, 0.6) is 0 Å². The van der Waals surface area contributed by atoms with Crippen molar-refractivity contribution in [3.8, 4) is 5.82 Å². The maximum absolute atomic E-state index is 12.2. The van der Waals surface area contributed by atoms with E-state index >= 15 is 0 Å². The third-order valence-electron chi connectivity index (χ3n) is 3.91. The van der Waals surface area contributed by atoms with E-state index in [1.54, 1.807) is 41.5 Å². The number of methoxy groups -OCH3 is 1. The first kappa shape index (κ1) is 18.1. The predicted octanol–water partition coefficient (Wildman–Crippen LogP) is 2.68. The summed E-state index contributed by atoms with van der Waals surface area (Å²) in [6.07, 6.45) is 5.13. The Morgan fingerprint density at radius 3 is 2.78 bits per heavy atom.